The van der Waals surface area contributed by atoms with Crippen molar-refractivity contribution in [3.05, 3.63) is 64.3 Å². The van der Waals surface area contributed by atoms with E-state index in [1.54, 1.807) is 18.2 Å². The van der Waals surface area contributed by atoms with E-state index in [0.717, 1.165) is 4.68 Å². The highest BCUT2D eigenvalue weighted by Gasteiger charge is 2.36. The molecule has 0 radical (unpaired) electrons. The zero-order valence-electron chi connectivity index (χ0n) is 15.3. The van der Waals surface area contributed by atoms with Crippen LogP contribution in [0.5, 0.6) is 11.6 Å². The lowest BCUT2D eigenvalue weighted by Crippen LogP contribution is -2.21. The van der Waals surface area contributed by atoms with Crippen molar-refractivity contribution in [1.29, 1.82) is 0 Å². The Balaban J connectivity index is 1.82. The second-order valence-corrected chi connectivity index (χ2v) is 6.73. The largest absolute Gasteiger partial charge is 0.497 e. The maximum atomic E-state index is 13.1. The molecule has 30 heavy (non-hydrogen) atoms. The van der Waals surface area contributed by atoms with E-state index in [4.69, 9.17) is 32.7 Å². The molecule has 0 bridgehead atoms. The fraction of sp³-hybridized carbons (Fsp3) is 0.158. The van der Waals surface area contributed by atoms with Crippen LogP contribution < -0.4 is 14.8 Å². The van der Waals surface area contributed by atoms with Crippen LogP contribution in [-0.2, 0) is 11.0 Å². The second kappa shape index (κ2) is 8.85. The van der Waals surface area contributed by atoms with Crippen molar-refractivity contribution in [3.63, 3.8) is 0 Å². The smallest absolute Gasteiger partial charge is 0.435 e. The topological polar surface area (TPSA) is 65.4 Å². The third-order valence-corrected chi connectivity index (χ3v) is 4.50. The number of rotatable bonds is 6. The monoisotopic (exact) mass is 459 g/mol. The summed E-state index contributed by atoms with van der Waals surface area (Å²) in [6.07, 6.45) is -4.71. The molecule has 3 rings (SSSR count). The quantitative estimate of drug-likeness (QED) is 0.548. The van der Waals surface area contributed by atoms with E-state index < -0.39 is 24.4 Å². The first-order valence-electron chi connectivity index (χ1n) is 8.37. The van der Waals surface area contributed by atoms with Crippen LogP contribution in [0.3, 0.4) is 0 Å². The van der Waals surface area contributed by atoms with Crippen LogP contribution in [0.2, 0.25) is 10.0 Å². The number of amides is 1. The van der Waals surface area contributed by atoms with Gasteiger partial charge in [-0.3, -0.25) is 4.79 Å². The SMILES string of the molecule is COc1ccc(Cl)c(NC(=O)COc2cc(C(F)(F)F)nn2-c2ccccc2Cl)c1. The van der Waals surface area contributed by atoms with Gasteiger partial charge in [0.2, 0.25) is 5.88 Å². The Bertz CT molecular complexity index is 1070. The summed E-state index contributed by atoms with van der Waals surface area (Å²) < 4.78 is 50.6. The number of alkyl halides is 3. The molecular weight excluding hydrogens is 446 g/mol. The third-order valence-electron chi connectivity index (χ3n) is 3.85. The number of methoxy groups -OCH3 is 1. The number of nitrogens with zero attached hydrogens (tertiary/aromatic N) is 2. The predicted molar refractivity (Wildman–Crippen MR) is 106 cm³/mol. The summed E-state index contributed by atoms with van der Waals surface area (Å²) in [5.41, 5.74) is -0.755. The third kappa shape index (κ3) is 4.98. The van der Waals surface area contributed by atoms with Gasteiger partial charge in [-0.25, -0.2) is 0 Å². The van der Waals surface area contributed by atoms with E-state index in [1.807, 2.05) is 0 Å². The molecule has 6 nitrogen and oxygen atoms in total. The highest BCUT2D eigenvalue weighted by Crippen LogP contribution is 2.33. The van der Waals surface area contributed by atoms with Crippen LogP contribution >= 0.6 is 23.2 Å². The van der Waals surface area contributed by atoms with Crippen LogP contribution in [0.25, 0.3) is 5.69 Å². The van der Waals surface area contributed by atoms with Crippen LogP contribution in [0, 0.1) is 0 Å². The normalized spacial score (nSPS) is 11.3. The summed E-state index contributed by atoms with van der Waals surface area (Å²) in [6.45, 7) is -0.596. The molecule has 0 spiro atoms. The van der Waals surface area contributed by atoms with Crippen molar-refractivity contribution >= 4 is 34.8 Å². The fourth-order valence-corrected chi connectivity index (χ4v) is 2.83. The first-order valence-corrected chi connectivity index (χ1v) is 9.13. The number of anilines is 1. The summed E-state index contributed by atoms with van der Waals surface area (Å²) in [4.78, 5) is 12.2. The Labute approximate surface area is 179 Å². The number of halogens is 5. The Morgan fingerprint density at radius 2 is 1.87 bits per heavy atom. The number of ether oxygens (including phenoxy) is 2. The van der Waals surface area contributed by atoms with E-state index in [9.17, 15) is 18.0 Å². The van der Waals surface area contributed by atoms with Crippen LogP contribution in [-0.4, -0.2) is 29.4 Å². The zero-order chi connectivity index (χ0) is 21.9. The molecule has 0 unspecified atom stereocenters. The van der Waals surface area contributed by atoms with Gasteiger partial charge >= 0.3 is 6.18 Å². The van der Waals surface area contributed by atoms with Crippen molar-refractivity contribution in [1.82, 2.24) is 9.78 Å². The lowest BCUT2D eigenvalue weighted by atomic mass is 10.3. The number of carbonyl (C=O) groups excluding carboxylic acids is 1. The number of carbonyl (C=O) groups is 1. The van der Waals surface area contributed by atoms with E-state index >= 15 is 0 Å². The number of para-hydroxylation sites is 1. The maximum Gasteiger partial charge on any atom is 0.435 e. The van der Waals surface area contributed by atoms with Crippen LogP contribution in [0.15, 0.2) is 48.5 Å². The predicted octanol–water partition coefficient (Wildman–Crippen LogP) is 5.22. The van der Waals surface area contributed by atoms with Crippen molar-refractivity contribution in [2.45, 2.75) is 6.18 Å². The Kier molecular flexibility index (Phi) is 6.42. The van der Waals surface area contributed by atoms with Gasteiger partial charge in [-0.1, -0.05) is 35.3 Å². The zero-order valence-corrected chi connectivity index (χ0v) is 16.8. The Hall–Kier alpha value is -2.91. The van der Waals surface area contributed by atoms with Gasteiger partial charge in [0.25, 0.3) is 5.91 Å². The lowest BCUT2D eigenvalue weighted by molar-refractivity contribution is -0.141. The molecule has 3 aromatic rings. The minimum atomic E-state index is -4.71. The molecule has 1 aromatic heterocycles. The first kappa shape index (κ1) is 21.8. The van der Waals surface area contributed by atoms with Crippen LogP contribution in [0.4, 0.5) is 18.9 Å². The molecule has 0 aliphatic heterocycles. The molecular formula is C19H14Cl2F3N3O3. The van der Waals surface area contributed by atoms with Gasteiger partial charge in [-0.05, 0) is 24.3 Å². The van der Waals surface area contributed by atoms with Gasteiger partial charge in [-0.2, -0.15) is 23.0 Å². The average molecular weight is 460 g/mol. The maximum absolute atomic E-state index is 13.1. The van der Waals surface area contributed by atoms with Crippen molar-refractivity contribution in [2.75, 3.05) is 19.0 Å². The highest BCUT2D eigenvalue weighted by atomic mass is 35.5. The van der Waals surface area contributed by atoms with Gasteiger partial charge in [0.1, 0.15) is 5.75 Å². The summed E-state index contributed by atoms with van der Waals surface area (Å²) >= 11 is 12.1. The first-order chi connectivity index (χ1) is 14.2. The molecule has 158 valence electrons. The summed E-state index contributed by atoms with van der Waals surface area (Å²) in [7, 11) is 1.45. The number of hydrogen-bond donors (Lipinski definition) is 1. The Morgan fingerprint density at radius 1 is 1.13 bits per heavy atom. The van der Waals surface area contributed by atoms with Crippen LogP contribution in [0.1, 0.15) is 5.69 Å². The van der Waals surface area contributed by atoms with E-state index in [2.05, 4.69) is 10.4 Å². The molecule has 0 aliphatic rings. The van der Waals surface area contributed by atoms with Crippen molar-refractivity contribution in [3.8, 4) is 17.3 Å². The molecule has 1 amide bonds. The average Bonchev–Trinajstić information content (AvgIpc) is 3.13. The van der Waals surface area contributed by atoms with Crippen molar-refractivity contribution in [2.24, 2.45) is 0 Å². The molecule has 0 saturated heterocycles. The molecule has 1 heterocycles. The summed E-state index contributed by atoms with van der Waals surface area (Å²) in [5, 5.41) is 6.45. The fourth-order valence-electron chi connectivity index (χ4n) is 2.45. The Morgan fingerprint density at radius 3 is 2.53 bits per heavy atom. The number of aromatic nitrogens is 2. The lowest BCUT2D eigenvalue weighted by Gasteiger charge is -2.12. The van der Waals surface area contributed by atoms with E-state index in [-0.39, 0.29) is 27.3 Å². The van der Waals surface area contributed by atoms with Gasteiger partial charge in [0.05, 0.1) is 28.5 Å². The minimum absolute atomic E-state index is 0.159. The highest BCUT2D eigenvalue weighted by molar-refractivity contribution is 6.33. The number of hydrogen-bond acceptors (Lipinski definition) is 4. The standard InChI is InChI=1S/C19H14Cl2F3N3O3/c1-29-11-6-7-12(20)14(8-11)25-17(28)10-30-18-9-16(19(22,23)24)26-27(18)15-5-3-2-4-13(15)21/h2-9H,10H2,1H3,(H,25,28). The van der Waals surface area contributed by atoms with E-state index in [0.29, 0.717) is 11.8 Å². The molecule has 2 aromatic carbocycles. The molecule has 0 fully saturated rings. The van der Waals surface area contributed by atoms with Gasteiger partial charge in [-0.15, -0.1) is 0 Å². The van der Waals surface area contributed by atoms with E-state index in [1.165, 1.54) is 31.4 Å². The molecule has 0 atom stereocenters. The van der Waals surface area contributed by atoms with Gasteiger partial charge in [0.15, 0.2) is 12.3 Å². The molecule has 1 N–H and O–H groups in total. The second-order valence-electron chi connectivity index (χ2n) is 5.91. The summed E-state index contributed by atoms with van der Waals surface area (Å²) in [6, 6.07) is 11.5. The number of nitrogens with one attached hydrogen (secondary N) is 1. The molecule has 11 heteroatoms. The van der Waals surface area contributed by atoms with Gasteiger partial charge < -0.3 is 14.8 Å². The number of benzene rings is 2. The molecule has 0 aliphatic carbocycles. The molecule has 0 saturated carbocycles. The van der Waals surface area contributed by atoms with Gasteiger partial charge in [0, 0.05) is 12.1 Å². The summed E-state index contributed by atoms with van der Waals surface area (Å²) in [5.74, 6) is -0.491. The van der Waals surface area contributed by atoms with Crippen molar-refractivity contribution < 1.29 is 27.4 Å². The minimum Gasteiger partial charge on any atom is -0.497 e.